The largest absolute Gasteiger partial charge is 0.310 e. The van der Waals surface area contributed by atoms with Crippen molar-refractivity contribution in [3.63, 3.8) is 0 Å². The Morgan fingerprint density at radius 2 is 2.05 bits per heavy atom. The molecule has 1 N–H and O–H groups in total. The summed E-state index contributed by atoms with van der Waals surface area (Å²) < 4.78 is 0. The number of hydrogen-bond donors (Lipinski definition) is 1. The smallest absolute Gasteiger partial charge is 0.0454 e. The highest BCUT2D eigenvalue weighted by Crippen LogP contribution is 2.25. The number of pyridine rings is 1. The lowest BCUT2D eigenvalue weighted by Gasteiger charge is -2.16. The van der Waals surface area contributed by atoms with Crippen LogP contribution in [0.1, 0.15) is 24.2 Å². The van der Waals surface area contributed by atoms with Gasteiger partial charge in [-0.2, -0.15) is 0 Å². The Bertz CT molecular complexity index is 529. The van der Waals surface area contributed by atoms with Crippen molar-refractivity contribution < 1.29 is 0 Å². The summed E-state index contributed by atoms with van der Waals surface area (Å²) in [5.41, 5.74) is 2.11. The molecule has 0 spiro atoms. The molecule has 2 rings (SSSR count). The lowest BCUT2D eigenvalue weighted by molar-refractivity contribution is 0.574. The fourth-order valence-electron chi connectivity index (χ4n) is 1.92. The molecule has 1 heterocycles. The molecule has 0 aliphatic rings. The van der Waals surface area contributed by atoms with Crippen molar-refractivity contribution in [2.45, 2.75) is 19.4 Å². The highest BCUT2D eigenvalue weighted by molar-refractivity contribution is 6.33. The van der Waals surface area contributed by atoms with Crippen LogP contribution in [0.2, 0.25) is 10.0 Å². The van der Waals surface area contributed by atoms with Crippen molar-refractivity contribution >= 4 is 23.2 Å². The average molecular weight is 295 g/mol. The summed E-state index contributed by atoms with van der Waals surface area (Å²) in [7, 11) is 0. The van der Waals surface area contributed by atoms with E-state index in [-0.39, 0.29) is 6.04 Å². The van der Waals surface area contributed by atoms with Gasteiger partial charge < -0.3 is 5.32 Å². The first-order valence-electron chi connectivity index (χ1n) is 6.25. The van der Waals surface area contributed by atoms with E-state index in [2.05, 4.69) is 17.2 Å². The number of nitrogens with one attached hydrogen (secondary N) is 1. The molecule has 0 aliphatic carbocycles. The lowest BCUT2D eigenvalue weighted by Crippen LogP contribution is -2.21. The molecule has 4 heteroatoms. The molecule has 0 saturated carbocycles. The summed E-state index contributed by atoms with van der Waals surface area (Å²) in [5.74, 6) is 0. The predicted octanol–water partition coefficient (Wildman–Crippen LogP) is 4.28. The van der Waals surface area contributed by atoms with Crippen LogP contribution in [0.25, 0.3) is 0 Å². The number of rotatable bonds is 5. The number of benzene rings is 1. The Labute approximate surface area is 123 Å². The SMILES string of the molecule is CC(NCCc1ccccn1)c1cc(Cl)ccc1Cl. The predicted molar refractivity (Wildman–Crippen MR) is 80.8 cm³/mol. The minimum Gasteiger partial charge on any atom is -0.310 e. The fourth-order valence-corrected chi connectivity index (χ4v) is 2.38. The van der Waals surface area contributed by atoms with E-state index in [9.17, 15) is 0 Å². The first-order chi connectivity index (χ1) is 9.16. The van der Waals surface area contributed by atoms with Crippen LogP contribution in [0.15, 0.2) is 42.6 Å². The van der Waals surface area contributed by atoms with E-state index < -0.39 is 0 Å². The molecule has 0 radical (unpaired) electrons. The van der Waals surface area contributed by atoms with Gasteiger partial charge in [0.25, 0.3) is 0 Å². The van der Waals surface area contributed by atoms with Crippen molar-refractivity contribution in [1.82, 2.24) is 10.3 Å². The molecular weight excluding hydrogens is 279 g/mol. The van der Waals surface area contributed by atoms with Gasteiger partial charge in [0.15, 0.2) is 0 Å². The summed E-state index contributed by atoms with van der Waals surface area (Å²) in [6, 6.07) is 11.6. The van der Waals surface area contributed by atoms with Gasteiger partial charge in [0.1, 0.15) is 0 Å². The first-order valence-corrected chi connectivity index (χ1v) is 7.00. The van der Waals surface area contributed by atoms with E-state index in [0.29, 0.717) is 5.02 Å². The van der Waals surface area contributed by atoms with Crippen LogP contribution in [0.4, 0.5) is 0 Å². The number of nitrogens with zero attached hydrogens (tertiary/aromatic N) is 1. The molecule has 0 bridgehead atoms. The maximum atomic E-state index is 6.18. The van der Waals surface area contributed by atoms with E-state index in [1.807, 2.05) is 36.5 Å². The van der Waals surface area contributed by atoms with Gasteiger partial charge in [0, 0.05) is 40.9 Å². The van der Waals surface area contributed by atoms with Crippen LogP contribution in [-0.4, -0.2) is 11.5 Å². The van der Waals surface area contributed by atoms with Crippen molar-refractivity contribution in [1.29, 1.82) is 0 Å². The molecule has 0 aliphatic heterocycles. The van der Waals surface area contributed by atoms with Crippen LogP contribution in [-0.2, 0) is 6.42 Å². The van der Waals surface area contributed by atoms with Gasteiger partial charge in [-0.05, 0) is 42.8 Å². The zero-order valence-corrected chi connectivity index (χ0v) is 12.2. The number of aromatic nitrogens is 1. The van der Waals surface area contributed by atoms with Gasteiger partial charge in [-0.3, -0.25) is 4.98 Å². The van der Waals surface area contributed by atoms with Crippen molar-refractivity contribution in [3.8, 4) is 0 Å². The van der Waals surface area contributed by atoms with Gasteiger partial charge >= 0.3 is 0 Å². The van der Waals surface area contributed by atoms with Crippen LogP contribution in [0, 0.1) is 0 Å². The second-order valence-electron chi connectivity index (χ2n) is 4.41. The second-order valence-corrected chi connectivity index (χ2v) is 5.26. The normalized spacial score (nSPS) is 12.4. The second kappa shape index (κ2) is 6.90. The third kappa shape index (κ3) is 4.20. The van der Waals surface area contributed by atoms with E-state index in [1.54, 1.807) is 6.07 Å². The minimum atomic E-state index is 0.162. The molecule has 1 aromatic carbocycles. The summed E-state index contributed by atoms with van der Waals surface area (Å²) in [6.07, 6.45) is 2.70. The zero-order chi connectivity index (χ0) is 13.7. The van der Waals surface area contributed by atoms with Crippen LogP contribution >= 0.6 is 23.2 Å². The van der Waals surface area contributed by atoms with E-state index in [0.717, 1.165) is 29.2 Å². The molecule has 1 unspecified atom stereocenters. The van der Waals surface area contributed by atoms with E-state index >= 15 is 0 Å². The zero-order valence-electron chi connectivity index (χ0n) is 10.7. The van der Waals surface area contributed by atoms with E-state index in [1.165, 1.54) is 0 Å². The Balaban J connectivity index is 1.91. The summed E-state index contributed by atoms with van der Waals surface area (Å²) in [4.78, 5) is 4.29. The monoisotopic (exact) mass is 294 g/mol. The lowest BCUT2D eigenvalue weighted by atomic mass is 10.1. The molecule has 19 heavy (non-hydrogen) atoms. The molecule has 0 fully saturated rings. The average Bonchev–Trinajstić information content (AvgIpc) is 2.42. The van der Waals surface area contributed by atoms with Crippen molar-refractivity contribution in [3.05, 3.63) is 63.9 Å². The summed E-state index contributed by atoms with van der Waals surface area (Å²) in [6.45, 7) is 2.93. The summed E-state index contributed by atoms with van der Waals surface area (Å²) >= 11 is 12.2. The molecule has 0 amide bonds. The molecule has 1 aromatic heterocycles. The number of hydrogen-bond acceptors (Lipinski definition) is 2. The van der Waals surface area contributed by atoms with E-state index in [4.69, 9.17) is 23.2 Å². The van der Waals surface area contributed by atoms with Crippen LogP contribution in [0.5, 0.6) is 0 Å². The standard InChI is InChI=1S/C15H16Cl2N2/c1-11(14-10-12(16)5-6-15(14)17)18-9-7-13-4-2-3-8-19-13/h2-6,8,10-11,18H,7,9H2,1H3. The molecule has 100 valence electrons. The molecule has 2 nitrogen and oxygen atoms in total. The fraction of sp³-hybridized carbons (Fsp3) is 0.267. The Morgan fingerprint density at radius 1 is 1.21 bits per heavy atom. The Hall–Kier alpha value is -1.09. The highest BCUT2D eigenvalue weighted by atomic mass is 35.5. The Kier molecular flexibility index (Phi) is 5.20. The quantitative estimate of drug-likeness (QED) is 0.890. The Morgan fingerprint density at radius 3 is 2.79 bits per heavy atom. The molecular formula is C15H16Cl2N2. The molecule has 2 aromatic rings. The number of halogens is 2. The molecule has 0 saturated heterocycles. The van der Waals surface area contributed by atoms with Crippen molar-refractivity contribution in [2.75, 3.05) is 6.54 Å². The highest BCUT2D eigenvalue weighted by Gasteiger charge is 2.09. The topological polar surface area (TPSA) is 24.9 Å². The van der Waals surface area contributed by atoms with Crippen LogP contribution < -0.4 is 5.32 Å². The van der Waals surface area contributed by atoms with Gasteiger partial charge in [-0.15, -0.1) is 0 Å². The third-order valence-electron chi connectivity index (χ3n) is 2.98. The van der Waals surface area contributed by atoms with Crippen molar-refractivity contribution in [2.24, 2.45) is 0 Å². The third-order valence-corrected chi connectivity index (χ3v) is 3.56. The summed E-state index contributed by atoms with van der Waals surface area (Å²) in [5, 5.41) is 4.88. The minimum absolute atomic E-state index is 0.162. The molecule has 1 atom stereocenters. The van der Waals surface area contributed by atoms with Gasteiger partial charge in [-0.1, -0.05) is 29.3 Å². The van der Waals surface area contributed by atoms with Gasteiger partial charge in [0.05, 0.1) is 0 Å². The maximum Gasteiger partial charge on any atom is 0.0454 e. The van der Waals surface area contributed by atoms with Gasteiger partial charge in [0.2, 0.25) is 0 Å². The first kappa shape index (κ1) is 14.3. The maximum absolute atomic E-state index is 6.18. The van der Waals surface area contributed by atoms with Crippen LogP contribution in [0.3, 0.4) is 0 Å². The van der Waals surface area contributed by atoms with Gasteiger partial charge in [-0.25, -0.2) is 0 Å².